The maximum atomic E-state index is 13.2. The van der Waals surface area contributed by atoms with Crippen molar-refractivity contribution < 1.29 is 29.3 Å². The molecule has 2 aliphatic heterocycles. The Labute approximate surface area is 169 Å². The minimum Gasteiger partial charge on any atom is -0.467 e. The summed E-state index contributed by atoms with van der Waals surface area (Å²) < 4.78 is 4.74. The molecule has 10 nitrogen and oxygen atoms in total. The van der Waals surface area contributed by atoms with Crippen molar-refractivity contribution in [1.29, 1.82) is 0 Å². The van der Waals surface area contributed by atoms with Gasteiger partial charge in [0.2, 0.25) is 0 Å². The fraction of sp³-hybridized carbons (Fsp3) is 0.824. The van der Waals surface area contributed by atoms with Gasteiger partial charge in [-0.05, 0) is 12.3 Å². The van der Waals surface area contributed by atoms with E-state index < -0.39 is 47.5 Å². The highest BCUT2D eigenvalue weighted by Crippen LogP contribution is 2.23. The predicted molar refractivity (Wildman–Crippen MR) is 99.6 cm³/mol. The largest absolute Gasteiger partial charge is 0.467 e. The molecule has 2 fully saturated rings. The number of alkyl halides is 1. The highest BCUT2D eigenvalue weighted by molar-refractivity contribution is 6.21. The van der Waals surface area contributed by atoms with Crippen molar-refractivity contribution in [2.45, 2.75) is 62.8 Å². The summed E-state index contributed by atoms with van der Waals surface area (Å²) in [7, 11) is 1.20. The van der Waals surface area contributed by atoms with Crippen molar-refractivity contribution in [3.63, 3.8) is 0 Å². The molecule has 0 spiro atoms. The van der Waals surface area contributed by atoms with Gasteiger partial charge >= 0.3 is 5.97 Å². The van der Waals surface area contributed by atoms with Gasteiger partial charge in [0.1, 0.15) is 18.2 Å². The molecule has 0 radical (unpaired) electrons. The summed E-state index contributed by atoms with van der Waals surface area (Å²) in [5, 5.41) is 21.9. The number of halogens is 1. The predicted octanol–water partition coefficient (Wildman–Crippen LogP) is -1.25. The number of carbonyl (C=O) groups is 3. The third kappa shape index (κ3) is 4.93. The Morgan fingerprint density at radius 3 is 2.43 bits per heavy atom. The summed E-state index contributed by atoms with van der Waals surface area (Å²) in [5.74, 6) is -2.15. The van der Waals surface area contributed by atoms with Crippen LogP contribution in [0.15, 0.2) is 0 Å². The topological polar surface area (TPSA) is 131 Å². The molecule has 0 aromatic heterocycles. The van der Waals surface area contributed by atoms with Gasteiger partial charge in [0.05, 0.1) is 18.6 Å². The number of β-amino-alcohol motifs (C(OH)–C–C–N with tert-alkyl or cyclic N) is 1. The van der Waals surface area contributed by atoms with Crippen molar-refractivity contribution in [1.82, 2.24) is 20.9 Å². The van der Waals surface area contributed by atoms with E-state index in [1.54, 1.807) is 6.92 Å². The van der Waals surface area contributed by atoms with Gasteiger partial charge < -0.3 is 14.9 Å². The zero-order valence-electron chi connectivity index (χ0n) is 16.3. The number of aliphatic hydroxyl groups excluding tert-OH is 2. The average molecular weight is 421 g/mol. The van der Waals surface area contributed by atoms with Crippen molar-refractivity contribution >= 4 is 29.4 Å². The number of carbonyl (C=O) groups excluding carboxylic acids is 3. The van der Waals surface area contributed by atoms with Crippen LogP contribution in [0, 0.1) is 5.92 Å². The number of amides is 2. The number of esters is 1. The Hall–Kier alpha value is -1.46. The van der Waals surface area contributed by atoms with E-state index in [1.165, 1.54) is 7.11 Å². The fourth-order valence-electron chi connectivity index (χ4n) is 3.28. The molecule has 2 heterocycles. The van der Waals surface area contributed by atoms with Crippen molar-refractivity contribution in [2.75, 3.05) is 20.2 Å². The zero-order chi connectivity index (χ0) is 21.0. The number of aliphatic hydroxyl groups is 2. The Kier molecular flexibility index (Phi) is 8.02. The molecule has 28 heavy (non-hydrogen) atoms. The molecule has 160 valence electrons. The molecule has 0 aromatic rings. The van der Waals surface area contributed by atoms with E-state index in [-0.39, 0.29) is 31.8 Å². The molecular weight excluding hydrogens is 392 g/mol. The van der Waals surface area contributed by atoms with E-state index in [0.29, 0.717) is 6.42 Å². The van der Waals surface area contributed by atoms with Crippen molar-refractivity contribution in [2.24, 2.45) is 5.92 Å². The minimum absolute atomic E-state index is 0.0132. The number of methoxy groups -OCH3 is 1. The summed E-state index contributed by atoms with van der Waals surface area (Å²) in [6.45, 7) is 3.94. The van der Waals surface area contributed by atoms with Crippen LogP contribution in [0.5, 0.6) is 0 Å². The van der Waals surface area contributed by atoms with Crippen LogP contribution in [0.2, 0.25) is 0 Å². The molecule has 2 aliphatic rings. The Bertz CT molecular complexity index is 594. The smallest absolute Gasteiger partial charge is 0.330 e. The molecular formula is C17H29ClN4O6. The van der Waals surface area contributed by atoms with E-state index in [1.807, 2.05) is 6.92 Å². The van der Waals surface area contributed by atoms with Crippen LogP contribution in [0.25, 0.3) is 0 Å². The molecule has 0 bridgehead atoms. The number of hydrogen-bond acceptors (Lipinski definition) is 8. The molecule has 4 N–H and O–H groups in total. The molecule has 11 heteroatoms. The normalized spacial score (nSPS) is 30.5. The Morgan fingerprint density at radius 1 is 1.18 bits per heavy atom. The summed E-state index contributed by atoms with van der Waals surface area (Å²) >= 11 is 6.20. The summed E-state index contributed by atoms with van der Waals surface area (Å²) in [5.41, 5.74) is 5.55. The third-order valence-electron chi connectivity index (χ3n) is 5.25. The van der Waals surface area contributed by atoms with Crippen LogP contribution in [-0.2, 0) is 19.1 Å². The Morgan fingerprint density at radius 2 is 1.82 bits per heavy atom. The minimum atomic E-state index is -1.27. The van der Waals surface area contributed by atoms with Crippen LogP contribution in [0.1, 0.15) is 33.1 Å². The van der Waals surface area contributed by atoms with E-state index in [0.717, 1.165) is 10.0 Å². The standard InChI is InChI=1S/C17H29ClN4O6/c1-4-9(2)14(24)16(26)21-12(5-10(18)7-19-21)15(25)22-13(17(27)28-3)6-11(23)8-20-22/h9-14,19-20,23-24H,4-8H2,1-3H3. The molecule has 2 rings (SSSR count). The molecule has 0 saturated carbocycles. The van der Waals surface area contributed by atoms with Gasteiger partial charge in [0.25, 0.3) is 11.8 Å². The Balaban J connectivity index is 2.25. The first kappa shape index (κ1) is 22.8. The van der Waals surface area contributed by atoms with E-state index in [4.69, 9.17) is 16.3 Å². The number of nitrogens with zero attached hydrogens (tertiary/aromatic N) is 2. The van der Waals surface area contributed by atoms with E-state index in [2.05, 4.69) is 10.9 Å². The second-order valence-electron chi connectivity index (χ2n) is 7.25. The van der Waals surface area contributed by atoms with Gasteiger partial charge in [-0.15, -0.1) is 11.6 Å². The lowest BCUT2D eigenvalue weighted by molar-refractivity contribution is -0.169. The fourth-order valence-corrected chi connectivity index (χ4v) is 3.52. The maximum Gasteiger partial charge on any atom is 0.330 e. The van der Waals surface area contributed by atoms with Crippen molar-refractivity contribution in [3.8, 4) is 0 Å². The highest BCUT2D eigenvalue weighted by Gasteiger charge is 2.45. The number of nitrogens with one attached hydrogen (secondary N) is 2. The van der Waals surface area contributed by atoms with Gasteiger partial charge in [-0.3, -0.25) is 19.6 Å². The lowest BCUT2D eigenvalue weighted by Gasteiger charge is -2.43. The number of ether oxygens (including phenoxy) is 1. The maximum absolute atomic E-state index is 13.2. The van der Waals surface area contributed by atoms with E-state index in [9.17, 15) is 24.6 Å². The number of hydrazine groups is 2. The molecule has 2 amide bonds. The quantitative estimate of drug-likeness (QED) is 0.320. The molecule has 0 aromatic carbocycles. The van der Waals surface area contributed by atoms with Gasteiger partial charge in [-0.1, -0.05) is 20.3 Å². The van der Waals surface area contributed by atoms with Gasteiger partial charge in [0.15, 0.2) is 0 Å². The number of rotatable bonds is 5. The van der Waals surface area contributed by atoms with Crippen LogP contribution in [0.4, 0.5) is 0 Å². The second kappa shape index (κ2) is 9.84. The second-order valence-corrected chi connectivity index (χ2v) is 7.87. The molecule has 6 unspecified atom stereocenters. The SMILES string of the molecule is CCC(C)C(O)C(=O)N1NCC(Cl)CC1C(=O)N1NCC(O)CC1C(=O)OC. The van der Waals surface area contributed by atoms with E-state index >= 15 is 0 Å². The van der Waals surface area contributed by atoms with Gasteiger partial charge in [-0.2, -0.15) is 0 Å². The third-order valence-corrected chi connectivity index (χ3v) is 5.58. The van der Waals surface area contributed by atoms with Crippen molar-refractivity contribution in [3.05, 3.63) is 0 Å². The van der Waals surface area contributed by atoms with Crippen LogP contribution >= 0.6 is 11.6 Å². The lowest BCUT2D eigenvalue weighted by atomic mass is 9.98. The molecule has 0 aliphatic carbocycles. The molecule has 2 saturated heterocycles. The van der Waals surface area contributed by atoms with Crippen LogP contribution < -0.4 is 10.9 Å². The number of hydrogen-bond donors (Lipinski definition) is 4. The molecule has 6 atom stereocenters. The first-order valence-electron chi connectivity index (χ1n) is 9.42. The average Bonchev–Trinajstić information content (AvgIpc) is 2.70. The van der Waals surface area contributed by atoms with Crippen LogP contribution in [-0.4, -0.2) is 87.9 Å². The summed E-state index contributed by atoms with van der Waals surface area (Å²) in [6.07, 6.45) is -1.33. The first-order valence-corrected chi connectivity index (χ1v) is 9.86. The monoisotopic (exact) mass is 420 g/mol. The summed E-state index contributed by atoms with van der Waals surface area (Å²) in [6, 6.07) is -2.05. The van der Waals surface area contributed by atoms with Crippen LogP contribution in [0.3, 0.4) is 0 Å². The first-order chi connectivity index (χ1) is 13.2. The summed E-state index contributed by atoms with van der Waals surface area (Å²) in [4.78, 5) is 38.1. The lowest BCUT2D eigenvalue weighted by Crippen LogP contribution is -2.68. The zero-order valence-corrected chi connectivity index (χ0v) is 17.1. The highest BCUT2D eigenvalue weighted by atomic mass is 35.5. The van der Waals surface area contributed by atoms with Gasteiger partial charge in [0, 0.05) is 19.5 Å². The van der Waals surface area contributed by atoms with Gasteiger partial charge in [-0.25, -0.2) is 15.6 Å².